The summed E-state index contributed by atoms with van der Waals surface area (Å²) in [7, 11) is 2.07. The molecular weight excluding hydrogens is 262 g/mol. The number of aromatic nitrogens is 4. The summed E-state index contributed by atoms with van der Waals surface area (Å²) in [6.07, 6.45) is 6.34. The van der Waals surface area contributed by atoms with Gasteiger partial charge in [0, 0.05) is 13.2 Å². The normalized spacial score (nSPS) is 12.5. The van der Waals surface area contributed by atoms with Crippen molar-refractivity contribution in [1.29, 1.82) is 0 Å². The molecule has 0 aromatic carbocycles. The van der Waals surface area contributed by atoms with Gasteiger partial charge in [-0.3, -0.25) is 0 Å². The molecule has 112 valence electrons. The Kier molecular flexibility index (Phi) is 4.83. The smallest absolute Gasteiger partial charge is 0.0887 e. The molecule has 1 unspecified atom stereocenters. The van der Waals surface area contributed by atoms with E-state index in [4.69, 9.17) is 0 Å². The van der Waals surface area contributed by atoms with Gasteiger partial charge in [0.1, 0.15) is 0 Å². The maximum absolute atomic E-state index is 4.37. The Morgan fingerprint density at radius 1 is 1.10 bits per heavy atom. The largest absolute Gasteiger partial charge is 0.365 e. The predicted octanol–water partition coefficient (Wildman–Crippen LogP) is 3.15. The highest BCUT2D eigenvalue weighted by atomic mass is 15.2. The minimum absolute atomic E-state index is 0.130. The average molecular weight is 285 g/mol. The van der Waals surface area contributed by atoms with Crippen LogP contribution < -0.4 is 4.90 Å². The predicted molar refractivity (Wildman–Crippen MR) is 84.3 cm³/mol. The van der Waals surface area contributed by atoms with Crippen molar-refractivity contribution < 1.29 is 0 Å². The van der Waals surface area contributed by atoms with Crippen LogP contribution >= 0.6 is 0 Å². The van der Waals surface area contributed by atoms with Gasteiger partial charge in [-0.25, -0.2) is 0 Å². The van der Waals surface area contributed by atoms with E-state index >= 15 is 0 Å². The van der Waals surface area contributed by atoms with Crippen LogP contribution in [-0.4, -0.2) is 27.4 Å². The van der Waals surface area contributed by atoms with Crippen LogP contribution in [0.25, 0.3) is 0 Å². The van der Waals surface area contributed by atoms with Gasteiger partial charge in [0.25, 0.3) is 0 Å². The first-order valence-corrected chi connectivity index (χ1v) is 7.40. The lowest BCUT2D eigenvalue weighted by Crippen LogP contribution is -2.25. The molecule has 2 rings (SSSR count). The van der Waals surface area contributed by atoms with Gasteiger partial charge in [-0.05, 0) is 36.5 Å². The molecule has 0 radical (unpaired) electrons. The fourth-order valence-corrected chi connectivity index (χ4v) is 2.49. The summed E-state index contributed by atoms with van der Waals surface area (Å²) in [6.45, 7) is 8.63. The van der Waals surface area contributed by atoms with Crippen LogP contribution in [0.1, 0.15) is 56.5 Å². The molecule has 0 aliphatic carbocycles. The average Bonchev–Trinajstić information content (AvgIpc) is 2.53. The van der Waals surface area contributed by atoms with Crippen LogP contribution in [0, 0.1) is 0 Å². The van der Waals surface area contributed by atoms with Crippen molar-refractivity contribution in [3.63, 3.8) is 0 Å². The molecule has 1 atom stereocenters. The van der Waals surface area contributed by atoms with E-state index in [-0.39, 0.29) is 6.04 Å². The van der Waals surface area contributed by atoms with Crippen LogP contribution in [0.4, 0.5) is 5.69 Å². The molecule has 2 heterocycles. The van der Waals surface area contributed by atoms with E-state index in [1.807, 2.05) is 12.4 Å². The highest BCUT2D eigenvalue weighted by Gasteiger charge is 2.20. The Morgan fingerprint density at radius 2 is 1.81 bits per heavy atom. The molecule has 0 N–H and O–H groups in total. The number of nitrogens with zero attached hydrogens (tertiary/aromatic N) is 5. The standard InChI is InChI=1S/C16H23N5/c1-6-13-9-18-19-10-15(13)21(5)12(4)16-14(11(2)3)7-8-17-20-16/h7-12H,6H2,1-5H3. The van der Waals surface area contributed by atoms with Crippen molar-refractivity contribution in [2.75, 3.05) is 11.9 Å². The van der Waals surface area contributed by atoms with Crippen LogP contribution in [0.15, 0.2) is 24.7 Å². The van der Waals surface area contributed by atoms with Crippen LogP contribution in [0.2, 0.25) is 0 Å². The van der Waals surface area contributed by atoms with Gasteiger partial charge in [0.2, 0.25) is 0 Å². The summed E-state index contributed by atoms with van der Waals surface area (Å²) in [6, 6.07) is 2.19. The molecule has 0 bridgehead atoms. The Balaban J connectivity index is 2.38. The third-order valence-electron chi connectivity index (χ3n) is 3.93. The second-order valence-electron chi connectivity index (χ2n) is 5.57. The van der Waals surface area contributed by atoms with Crippen LogP contribution in [0.5, 0.6) is 0 Å². The van der Waals surface area contributed by atoms with Crippen molar-refractivity contribution in [3.8, 4) is 0 Å². The van der Waals surface area contributed by atoms with Gasteiger partial charge in [-0.1, -0.05) is 20.8 Å². The highest BCUT2D eigenvalue weighted by molar-refractivity contribution is 5.52. The van der Waals surface area contributed by atoms with Crippen molar-refractivity contribution >= 4 is 5.69 Å². The number of anilines is 1. The minimum Gasteiger partial charge on any atom is -0.365 e. The van der Waals surface area contributed by atoms with E-state index in [2.05, 4.69) is 66.1 Å². The first-order valence-electron chi connectivity index (χ1n) is 7.40. The van der Waals surface area contributed by atoms with E-state index in [1.165, 1.54) is 11.1 Å². The van der Waals surface area contributed by atoms with Gasteiger partial charge >= 0.3 is 0 Å². The molecule has 0 amide bonds. The molecule has 21 heavy (non-hydrogen) atoms. The van der Waals surface area contributed by atoms with Crippen molar-refractivity contribution in [2.24, 2.45) is 0 Å². The Hall–Kier alpha value is -2.04. The number of hydrogen-bond donors (Lipinski definition) is 0. The first kappa shape index (κ1) is 15.4. The van der Waals surface area contributed by atoms with Gasteiger partial charge in [0.05, 0.1) is 29.8 Å². The topological polar surface area (TPSA) is 54.8 Å². The zero-order valence-corrected chi connectivity index (χ0v) is 13.4. The molecule has 5 heteroatoms. The number of rotatable bonds is 5. The van der Waals surface area contributed by atoms with E-state index in [1.54, 1.807) is 6.20 Å². The lowest BCUT2D eigenvalue weighted by Gasteiger charge is -2.29. The summed E-state index contributed by atoms with van der Waals surface area (Å²) >= 11 is 0. The zero-order chi connectivity index (χ0) is 15.4. The molecule has 5 nitrogen and oxygen atoms in total. The quantitative estimate of drug-likeness (QED) is 0.844. The second kappa shape index (κ2) is 6.61. The highest BCUT2D eigenvalue weighted by Crippen LogP contribution is 2.30. The molecular formula is C16H23N5. The summed E-state index contributed by atoms with van der Waals surface area (Å²) < 4.78 is 0. The van der Waals surface area contributed by atoms with Gasteiger partial charge < -0.3 is 4.90 Å². The van der Waals surface area contributed by atoms with Crippen LogP contribution in [-0.2, 0) is 6.42 Å². The molecule has 0 fully saturated rings. The minimum atomic E-state index is 0.130. The fourth-order valence-electron chi connectivity index (χ4n) is 2.49. The van der Waals surface area contributed by atoms with E-state index in [0.29, 0.717) is 5.92 Å². The lowest BCUT2D eigenvalue weighted by atomic mass is 9.98. The molecule has 2 aromatic rings. The third-order valence-corrected chi connectivity index (χ3v) is 3.93. The molecule has 0 aliphatic heterocycles. The second-order valence-corrected chi connectivity index (χ2v) is 5.57. The Labute approximate surface area is 126 Å². The summed E-state index contributed by atoms with van der Waals surface area (Å²) in [5.74, 6) is 0.424. The van der Waals surface area contributed by atoms with Crippen molar-refractivity contribution in [1.82, 2.24) is 20.4 Å². The lowest BCUT2D eigenvalue weighted by molar-refractivity contribution is 0.664. The van der Waals surface area contributed by atoms with Gasteiger partial charge in [0.15, 0.2) is 0 Å². The number of aryl methyl sites for hydroxylation is 1. The van der Waals surface area contributed by atoms with Crippen molar-refractivity contribution in [3.05, 3.63) is 41.5 Å². The maximum atomic E-state index is 4.37. The third kappa shape index (κ3) is 3.17. The molecule has 0 saturated heterocycles. The van der Waals surface area contributed by atoms with E-state index in [9.17, 15) is 0 Å². The fraction of sp³-hybridized carbons (Fsp3) is 0.500. The SMILES string of the molecule is CCc1cnncc1N(C)C(C)c1nnccc1C(C)C. The van der Waals surface area contributed by atoms with E-state index < -0.39 is 0 Å². The monoisotopic (exact) mass is 285 g/mol. The summed E-state index contributed by atoms with van der Waals surface area (Å²) in [5.41, 5.74) is 4.55. The molecule has 2 aromatic heterocycles. The van der Waals surface area contributed by atoms with Gasteiger partial charge in [-0.2, -0.15) is 20.4 Å². The molecule has 0 aliphatic rings. The Morgan fingerprint density at radius 3 is 2.48 bits per heavy atom. The molecule has 0 spiro atoms. The first-order chi connectivity index (χ1) is 10.1. The van der Waals surface area contributed by atoms with Crippen LogP contribution in [0.3, 0.4) is 0 Å². The van der Waals surface area contributed by atoms with Gasteiger partial charge in [-0.15, -0.1) is 0 Å². The zero-order valence-electron chi connectivity index (χ0n) is 13.4. The van der Waals surface area contributed by atoms with Crippen molar-refractivity contribution in [2.45, 2.75) is 46.1 Å². The maximum Gasteiger partial charge on any atom is 0.0887 e. The number of hydrogen-bond acceptors (Lipinski definition) is 5. The van der Waals surface area contributed by atoms with E-state index in [0.717, 1.165) is 17.8 Å². The summed E-state index contributed by atoms with van der Waals surface area (Å²) in [5, 5.41) is 16.4. The molecule has 0 saturated carbocycles. The Bertz CT molecular complexity index is 597. The summed E-state index contributed by atoms with van der Waals surface area (Å²) in [4.78, 5) is 2.20.